The van der Waals surface area contributed by atoms with Crippen LogP contribution in [-0.4, -0.2) is 22.8 Å². The molecular weight excluding hydrogens is 134 g/mol. The predicted molar refractivity (Wildman–Crippen MR) is 37.9 cm³/mol. The lowest BCUT2D eigenvalue weighted by Gasteiger charge is -1.79. The van der Waals surface area contributed by atoms with Crippen molar-refractivity contribution in [1.82, 2.24) is 5.48 Å². The smallest absolute Gasteiger partial charge is 0.330 e. The van der Waals surface area contributed by atoms with Crippen LogP contribution in [0.15, 0.2) is 12.2 Å². The fourth-order valence-corrected chi connectivity index (χ4v) is 0. The van der Waals surface area contributed by atoms with Gasteiger partial charge in [-0.2, -0.15) is 0 Å². The zero-order valence-electron chi connectivity index (χ0n) is 6.22. The summed E-state index contributed by atoms with van der Waals surface area (Å²) in [5, 5.41) is 15.5. The number of carboxylic acids is 1. The van der Waals surface area contributed by atoms with Gasteiger partial charge in [-0.05, 0) is 6.92 Å². The first-order valence-electron chi connectivity index (χ1n) is 2.82. The second-order valence-electron chi connectivity index (χ2n) is 1.60. The molecule has 0 aromatic rings. The van der Waals surface area contributed by atoms with Gasteiger partial charge in [0.1, 0.15) is 0 Å². The lowest BCUT2D eigenvalue weighted by molar-refractivity contribution is -0.132. The van der Waals surface area contributed by atoms with Crippen molar-refractivity contribution in [2.75, 3.05) is 6.54 Å². The second-order valence-corrected chi connectivity index (χ2v) is 1.60. The van der Waals surface area contributed by atoms with Gasteiger partial charge in [0.05, 0.1) is 0 Å². The highest BCUT2D eigenvalue weighted by Crippen LogP contribution is 1.81. The van der Waals surface area contributed by atoms with Crippen LogP contribution >= 0.6 is 0 Å². The minimum absolute atomic E-state index is 0.176. The Morgan fingerprint density at radius 1 is 1.70 bits per heavy atom. The molecule has 0 amide bonds. The average Bonchev–Trinajstić information content (AvgIpc) is 1.89. The van der Waals surface area contributed by atoms with E-state index in [9.17, 15) is 4.79 Å². The van der Waals surface area contributed by atoms with E-state index >= 15 is 0 Å². The Labute approximate surface area is 60.1 Å². The molecule has 0 unspecified atom stereocenters. The molecule has 0 heterocycles. The Balaban J connectivity index is 0. The zero-order chi connectivity index (χ0) is 8.57. The molecule has 0 aromatic heterocycles. The predicted octanol–water partition coefficient (Wildman–Crippen LogP) is 0.632. The summed E-state index contributed by atoms with van der Waals surface area (Å²) in [7, 11) is 0. The van der Waals surface area contributed by atoms with E-state index in [2.05, 4.69) is 6.58 Å². The number of rotatable bonds is 2. The number of carbonyl (C=O) groups is 1. The largest absolute Gasteiger partial charge is 0.478 e. The number of hydrogen-bond acceptors (Lipinski definition) is 3. The lowest BCUT2D eigenvalue weighted by atomic mass is 10.4. The molecule has 10 heavy (non-hydrogen) atoms. The van der Waals surface area contributed by atoms with Gasteiger partial charge in [0.2, 0.25) is 0 Å². The molecule has 4 heteroatoms. The number of carboxylic acid groups (broad SMARTS) is 1. The van der Waals surface area contributed by atoms with Crippen LogP contribution in [0.1, 0.15) is 13.8 Å². The molecule has 0 saturated heterocycles. The summed E-state index contributed by atoms with van der Waals surface area (Å²) in [5.41, 5.74) is 2.11. The van der Waals surface area contributed by atoms with E-state index in [1.807, 2.05) is 12.4 Å². The summed E-state index contributed by atoms with van der Waals surface area (Å²) in [5.74, 6) is -0.935. The molecule has 0 radical (unpaired) electrons. The topological polar surface area (TPSA) is 69.6 Å². The molecular formula is C6H13NO3. The quantitative estimate of drug-likeness (QED) is 0.396. The Bertz CT molecular complexity index is 97.6. The normalized spacial score (nSPS) is 7.50. The third-order valence-corrected chi connectivity index (χ3v) is 0.523. The first kappa shape index (κ1) is 11.9. The fourth-order valence-electron chi connectivity index (χ4n) is 0. The molecule has 0 aliphatic rings. The van der Waals surface area contributed by atoms with Gasteiger partial charge in [-0.25, -0.2) is 10.3 Å². The van der Waals surface area contributed by atoms with Gasteiger partial charge in [-0.1, -0.05) is 13.5 Å². The van der Waals surface area contributed by atoms with E-state index < -0.39 is 5.97 Å². The average molecular weight is 147 g/mol. The third kappa shape index (κ3) is 15.7. The summed E-state index contributed by atoms with van der Waals surface area (Å²) >= 11 is 0. The van der Waals surface area contributed by atoms with Gasteiger partial charge in [-0.3, -0.25) is 0 Å². The molecule has 0 bridgehead atoms. The van der Waals surface area contributed by atoms with Gasteiger partial charge < -0.3 is 10.3 Å². The van der Waals surface area contributed by atoms with Crippen molar-refractivity contribution < 1.29 is 15.1 Å². The van der Waals surface area contributed by atoms with Gasteiger partial charge in [0.15, 0.2) is 0 Å². The van der Waals surface area contributed by atoms with Crippen molar-refractivity contribution in [3.63, 3.8) is 0 Å². The summed E-state index contributed by atoms with van der Waals surface area (Å²) in [6.07, 6.45) is 0. The minimum atomic E-state index is -0.935. The summed E-state index contributed by atoms with van der Waals surface area (Å²) in [6, 6.07) is 0. The van der Waals surface area contributed by atoms with Gasteiger partial charge in [0.25, 0.3) is 0 Å². The van der Waals surface area contributed by atoms with Gasteiger partial charge in [0, 0.05) is 12.1 Å². The SMILES string of the molecule is C=C(C)C(=O)O.CCNO. The van der Waals surface area contributed by atoms with E-state index in [4.69, 9.17) is 10.3 Å². The van der Waals surface area contributed by atoms with Crippen molar-refractivity contribution in [2.24, 2.45) is 0 Å². The molecule has 0 aliphatic heterocycles. The number of nitrogens with one attached hydrogen (secondary N) is 1. The van der Waals surface area contributed by atoms with Crippen LogP contribution in [0.3, 0.4) is 0 Å². The van der Waals surface area contributed by atoms with E-state index in [0.717, 1.165) is 0 Å². The standard InChI is InChI=1S/C4H6O2.C2H7NO/c1-3(2)4(5)6;1-2-3-4/h1H2,2H3,(H,5,6);3-4H,2H2,1H3. The molecule has 0 fully saturated rings. The van der Waals surface area contributed by atoms with Crippen molar-refractivity contribution in [3.05, 3.63) is 12.2 Å². The zero-order valence-corrected chi connectivity index (χ0v) is 6.22. The van der Waals surface area contributed by atoms with Crippen molar-refractivity contribution in [3.8, 4) is 0 Å². The van der Waals surface area contributed by atoms with Crippen molar-refractivity contribution in [2.45, 2.75) is 13.8 Å². The molecule has 60 valence electrons. The van der Waals surface area contributed by atoms with Crippen molar-refractivity contribution >= 4 is 5.97 Å². The first-order valence-corrected chi connectivity index (χ1v) is 2.82. The Morgan fingerprint density at radius 2 is 1.90 bits per heavy atom. The summed E-state index contributed by atoms with van der Waals surface area (Å²) in [6.45, 7) is 7.05. The van der Waals surface area contributed by atoms with Crippen LogP contribution in [-0.2, 0) is 4.79 Å². The van der Waals surface area contributed by atoms with Crippen LogP contribution in [0.4, 0.5) is 0 Å². The van der Waals surface area contributed by atoms with E-state index in [0.29, 0.717) is 6.54 Å². The minimum Gasteiger partial charge on any atom is -0.478 e. The summed E-state index contributed by atoms with van der Waals surface area (Å²) in [4.78, 5) is 9.60. The molecule has 0 rings (SSSR count). The van der Waals surface area contributed by atoms with E-state index in [1.54, 1.807) is 0 Å². The molecule has 0 spiro atoms. The Kier molecular flexibility index (Phi) is 9.65. The van der Waals surface area contributed by atoms with Crippen LogP contribution in [0.2, 0.25) is 0 Å². The maximum absolute atomic E-state index is 9.60. The molecule has 0 saturated carbocycles. The second kappa shape index (κ2) is 8.13. The lowest BCUT2D eigenvalue weighted by Crippen LogP contribution is -2.02. The van der Waals surface area contributed by atoms with E-state index in [-0.39, 0.29) is 5.57 Å². The Hall–Kier alpha value is -0.870. The van der Waals surface area contributed by atoms with E-state index in [1.165, 1.54) is 6.92 Å². The Morgan fingerprint density at radius 3 is 1.90 bits per heavy atom. The molecule has 3 N–H and O–H groups in total. The fraction of sp³-hybridized carbons (Fsp3) is 0.500. The maximum Gasteiger partial charge on any atom is 0.330 e. The number of hydroxylamine groups is 1. The first-order chi connectivity index (χ1) is 4.56. The molecule has 0 aromatic carbocycles. The highest BCUT2D eigenvalue weighted by Gasteiger charge is 1.90. The van der Waals surface area contributed by atoms with Crippen LogP contribution in [0.5, 0.6) is 0 Å². The van der Waals surface area contributed by atoms with Crippen molar-refractivity contribution in [1.29, 1.82) is 0 Å². The number of aliphatic carboxylic acids is 1. The number of hydrogen-bond donors (Lipinski definition) is 3. The highest BCUT2D eigenvalue weighted by molar-refractivity contribution is 5.84. The van der Waals surface area contributed by atoms with Crippen LogP contribution in [0.25, 0.3) is 0 Å². The molecule has 4 nitrogen and oxygen atoms in total. The summed E-state index contributed by atoms with van der Waals surface area (Å²) < 4.78 is 0. The van der Waals surface area contributed by atoms with Gasteiger partial charge in [-0.15, -0.1) is 0 Å². The monoisotopic (exact) mass is 147 g/mol. The molecule has 0 atom stereocenters. The van der Waals surface area contributed by atoms with Crippen LogP contribution in [0, 0.1) is 0 Å². The maximum atomic E-state index is 9.60. The third-order valence-electron chi connectivity index (χ3n) is 0.523. The van der Waals surface area contributed by atoms with Gasteiger partial charge >= 0.3 is 5.97 Å². The van der Waals surface area contributed by atoms with Crippen LogP contribution < -0.4 is 5.48 Å². The highest BCUT2D eigenvalue weighted by atomic mass is 16.5. The molecule has 0 aliphatic carbocycles.